The second-order valence-electron chi connectivity index (χ2n) is 7.68. The van der Waals surface area contributed by atoms with Crippen molar-refractivity contribution >= 4 is 21.7 Å². The fraction of sp³-hybridized carbons (Fsp3) is 0.579. The van der Waals surface area contributed by atoms with Gasteiger partial charge in [0.1, 0.15) is 11.5 Å². The fourth-order valence-corrected chi connectivity index (χ4v) is 3.49. The lowest BCUT2D eigenvalue weighted by Gasteiger charge is -2.25. The van der Waals surface area contributed by atoms with Gasteiger partial charge in [0.25, 0.3) is 0 Å². The number of sulfone groups is 1. The summed E-state index contributed by atoms with van der Waals surface area (Å²) in [4.78, 5) is 24.8. The Morgan fingerprint density at radius 1 is 1.12 bits per heavy atom. The van der Waals surface area contributed by atoms with Gasteiger partial charge in [0.05, 0.1) is 10.6 Å². The maximum absolute atomic E-state index is 12.4. The van der Waals surface area contributed by atoms with Gasteiger partial charge < -0.3 is 10.1 Å². The normalized spacial score (nSPS) is 13.3. The molecule has 0 saturated carbocycles. The van der Waals surface area contributed by atoms with Crippen LogP contribution >= 0.6 is 0 Å². The Bertz CT molecular complexity index is 730. The summed E-state index contributed by atoms with van der Waals surface area (Å²) in [6.07, 6.45) is 0. The smallest absolute Gasteiger partial charge is 0.319 e. The van der Waals surface area contributed by atoms with E-state index in [0.717, 1.165) is 5.56 Å². The van der Waals surface area contributed by atoms with Gasteiger partial charge in [-0.05, 0) is 45.7 Å². The van der Waals surface area contributed by atoms with Crippen molar-refractivity contribution in [3.8, 4) is 0 Å². The van der Waals surface area contributed by atoms with Gasteiger partial charge in [-0.1, -0.05) is 31.5 Å². The van der Waals surface area contributed by atoms with E-state index in [1.165, 1.54) is 0 Å². The molecule has 1 rings (SSSR count). The number of ether oxygens (including phenoxy) is 1. The van der Waals surface area contributed by atoms with Crippen molar-refractivity contribution in [3.63, 3.8) is 0 Å². The Kier molecular flexibility index (Phi) is 7.38. The number of rotatable bonds is 7. The van der Waals surface area contributed by atoms with Crippen LogP contribution in [0.1, 0.15) is 40.2 Å². The van der Waals surface area contributed by atoms with Crippen LogP contribution in [0, 0.1) is 18.8 Å². The highest BCUT2D eigenvalue weighted by Crippen LogP contribution is 2.18. The molecule has 26 heavy (non-hydrogen) atoms. The van der Waals surface area contributed by atoms with Gasteiger partial charge in [-0.25, -0.2) is 8.42 Å². The first-order valence-electron chi connectivity index (χ1n) is 8.63. The lowest BCUT2D eigenvalue weighted by Crippen LogP contribution is -2.42. The fourth-order valence-electron chi connectivity index (χ4n) is 2.33. The van der Waals surface area contributed by atoms with Crippen LogP contribution in [0.4, 0.5) is 0 Å². The van der Waals surface area contributed by atoms with E-state index in [2.05, 4.69) is 5.32 Å². The molecule has 0 radical (unpaired) electrons. The maximum atomic E-state index is 12.4. The molecule has 0 aliphatic rings. The molecule has 0 heterocycles. The minimum absolute atomic E-state index is 0.0684. The molecular formula is C19H29NO5S. The van der Waals surface area contributed by atoms with Crippen molar-refractivity contribution in [3.05, 3.63) is 29.8 Å². The summed E-state index contributed by atoms with van der Waals surface area (Å²) in [5, 5.41) is 2.55. The highest BCUT2D eigenvalue weighted by atomic mass is 32.2. The average Bonchev–Trinajstić information content (AvgIpc) is 2.45. The van der Waals surface area contributed by atoms with E-state index in [1.54, 1.807) is 58.9 Å². The van der Waals surface area contributed by atoms with Gasteiger partial charge in [-0.3, -0.25) is 9.59 Å². The summed E-state index contributed by atoms with van der Waals surface area (Å²) in [5.41, 5.74) is 0.272. The SMILES string of the molecule is Cc1ccc(S(=O)(=O)CCNC(=O)C(C(=O)OC(C)(C)C)C(C)C)cc1. The number of hydrogen-bond acceptors (Lipinski definition) is 5. The molecule has 1 amide bonds. The van der Waals surface area contributed by atoms with Crippen LogP contribution in [-0.4, -0.2) is 38.2 Å². The molecule has 0 spiro atoms. The van der Waals surface area contributed by atoms with E-state index in [9.17, 15) is 18.0 Å². The topological polar surface area (TPSA) is 89.5 Å². The summed E-state index contributed by atoms with van der Waals surface area (Å²) in [5.74, 6) is -2.60. The predicted molar refractivity (Wildman–Crippen MR) is 100 cm³/mol. The minimum Gasteiger partial charge on any atom is -0.459 e. The number of carbonyl (C=O) groups excluding carboxylic acids is 2. The molecule has 1 atom stereocenters. The molecule has 7 heteroatoms. The van der Waals surface area contributed by atoms with Crippen LogP contribution in [0.3, 0.4) is 0 Å². The van der Waals surface area contributed by atoms with Crippen LogP contribution in [0.5, 0.6) is 0 Å². The largest absolute Gasteiger partial charge is 0.459 e. The second kappa shape index (κ2) is 8.66. The first kappa shape index (κ1) is 22.2. The second-order valence-corrected chi connectivity index (χ2v) is 9.79. The number of esters is 1. The lowest BCUT2D eigenvalue weighted by molar-refractivity contribution is -0.164. The number of aryl methyl sites for hydroxylation is 1. The third kappa shape index (κ3) is 6.78. The zero-order valence-corrected chi connectivity index (χ0v) is 17.1. The molecule has 1 aromatic carbocycles. The molecule has 0 fully saturated rings. The zero-order valence-electron chi connectivity index (χ0n) is 16.3. The van der Waals surface area contributed by atoms with Gasteiger partial charge in [-0.15, -0.1) is 0 Å². The monoisotopic (exact) mass is 383 g/mol. The van der Waals surface area contributed by atoms with Gasteiger partial charge in [0.15, 0.2) is 9.84 Å². The van der Waals surface area contributed by atoms with E-state index in [0.29, 0.717) is 0 Å². The van der Waals surface area contributed by atoms with E-state index >= 15 is 0 Å². The van der Waals surface area contributed by atoms with Crippen molar-refractivity contribution < 1.29 is 22.7 Å². The molecule has 6 nitrogen and oxygen atoms in total. The Morgan fingerprint density at radius 3 is 2.12 bits per heavy atom. The standard InChI is InChI=1S/C19H29NO5S/c1-13(2)16(18(22)25-19(4,5)6)17(21)20-11-12-26(23,24)15-9-7-14(3)8-10-15/h7-10,13,16H,11-12H2,1-6H3,(H,20,21). The molecular weight excluding hydrogens is 354 g/mol. The van der Waals surface area contributed by atoms with E-state index in [1.807, 2.05) is 6.92 Å². The molecule has 146 valence electrons. The highest BCUT2D eigenvalue weighted by Gasteiger charge is 2.33. The molecule has 0 bridgehead atoms. The van der Waals surface area contributed by atoms with Gasteiger partial charge in [0.2, 0.25) is 5.91 Å². The molecule has 0 aliphatic carbocycles. The number of benzene rings is 1. The Balaban J connectivity index is 2.70. The first-order chi connectivity index (χ1) is 11.8. The van der Waals surface area contributed by atoms with E-state index < -0.39 is 33.2 Å². The molecule has 0 saturated heterocycles. The van der Waals surface area contributed by atoms with Crippen molar-refractivity contribution in [2.24, 2.45) is 11.8 Å². The van der Waals surface area contributed by atoms with Crippen LogP contribution < -0.4 is 5.32 Å². The summed E-state index contributed by atoms with van der Waals surface area (Å²) < 4.78 is 29.9. The van der Waals surface area contributed by atoms with Gasteiger partial charge in [-0.2, -0.15) is 0 Å². The third-order valence-electron chi connectivity index (χ3n) is 3.66. The summed E-state index contributed by atoms with van der Waals surface area (Å²) >= 11 is 0. The Hall–Kier alpha value is -1.89. The summed E-state index contributed by atoms with van der Waals surface area (Å²) in [6.45, 7) is 10.5. The molecule has 1 unspecified atom stereocenters. The van der Waals surface area contributed by atoms with Gasteiger partial charge >= 0.3 is 5.97 Å². The van der Waals surface area contributed by atoms with Crippen LogP contribution in [0.2, 0.25) is 0 Å². The first-order valence-corrected chi connectivity index (χ1v) is 10.3. The highest BCUT2D eigenvalue weighted by molar-refractivity contribution is 7.91. The van der Waals surface area contributed by atoms with Crippen LogP contribution in [-0.2, 0) is 24.2 Å². The van der Waals surface area contributed by atoms with Crippen molar-refractivity contribution in [2.45, 2.75) is 52.0 Å². The van der Waals surface area contributed by atoms with Crippen molar-refractivity contribution in [2.75, 3.05) is 12.3 Å². The Labute approximate surface area is 156 Å². The van der Waals surface area contributed by atoms with Crippen LogP contribution in [0.25, 0.3) is 0 Å². The summed E-state index contributed by atoms with van der Waals surface area (Å²) in [7, 11) is -3.50. The average molecular weight is 384 g/mol. The van der Waals surface area contributed by atoms with E-state index in [-0.39, 0.29) is 23.1 Å². The molecule has 0 aromatic heterocycles. The number of carbonyl (C=O) groups is 2. The number of amides is 1. The quantitative estimate of drug-likeness (QED) is 0.577. The van der Waals surface area contributed by atoms with E-state index in [4.69, 9.17) is 4.74 Å². The lowest BCUT2D eigenvalue weighted by atomic mass is 9.94. The van der Waals surface area contributed by atoms with Crippen molar-refractivity contribution in [1.29, 1.82) is 0 Å². The molecule has 0 aliphatic heterocycles. The van der Waals surface area contributed by atoms with Gasteiger partial charge in [0, 0.05) is 6.54 Å². The summed E-state index contributed by atoms with van der Waals surface area (Å²) in [6, 6.07) is 6.54. The molecule has 1 aromatic rings. The van der Waals surface area contributed by atoms with Crippen molar-refractivity contribution in [1.82, 2.24) is 5.32 Å². The minimum atomic E-state index is -3.50. The predicted octanol–water partition coefficient (Wildman–Crippen LogP) is 2.50. The molecule has 1 N–H and O–H groups in total. The number of hydrogen-bond donors (Lipinski definition) is 1. The Morgan fingerprint density at radius 2 is 1.65 bits per heavy atom. The third-order valence-corrected chi connectivity index (χ3v) is 5.39. The zero-order chi connectivity index (χ0) is 20.1. The number of nitrogens with one attached hydrogen (secondary N) is 1. The maximum Gasteiger partial charge on any atom is 0.319 e. The van der Waals surface area contributed by atoms with Crippen LogP contribution in [0.15, 0.2) is 29.2 Å².